The van der Waals surface area contributed by atoms with E-state index in [4.69, 9.17) is 37.0 Å². The molecule has 19 heteroatoms. The molecule has 0 saturated heterocycles. The van der Waals surface area contributed by atoms with Crippen LogP contribution in [0.5, 0.6) is 0 Å². The Morgan fingerprint density at radius 2 is 0.663 bits per heavy atom. The van der Waals surface area contributed by atoms with E-state index >= 15 is 0 Å². The number of phosphoric ester groups is 2. The third-order valence-corrected chi connectivity index (χ3v) is 17.8. The summed E-state index contributed by atoms with van der Waals surface area (Å²) in [6.45, 7) is 11.7. The van der Waals surface area contributed by atoms with Gasteiger partial charge in [-0.25, -0.2) is 9.13 Å². The van der Waals surface area contributed by atoms with Gasteiger partial charge in [-0.3, -0.25) is 37.3 Å². The smallest absolute Gasteiger partial charge is 0.462 e. The molecule has 17 nitrogen and oxygen atoms in total. The molecule has 0 amide bonds. The molecular formula is C70H132O17P2. The van der Waals surface area contributed by atoms with Gasteiger partial charge in [-0.2, -0.15) is 0 Å². The van der Waals surface area contributed by atoms with Crippen LogP contribution in [-0.4, -0.2) is 96.7 Å². The molecule has 524 valence electrons. The van der Waals surface area contributed by atoms with Crippen molar-refractivity contribution in [2.45, 2.75) is 343 Å². The van der Waals surface area contributed by atoms with Gasteiger partial charge in [-0.05, 0) is 69.1 Å². The number of phosphoric acid groups is 2. The van der Waals surface area contributed by atoms with Crippen molar-refractivity contribution >= 4 is 39.5 Å². The van der Waals surface area contributed by atoms with Crippen LogP contribution in [0, 0.1) is 17.8 Å². The van der Waals surface area contributed by atoms with Crippen molar-refractivity contribution < 1.29 is 80.2 Å². The van der Waals surface area contributed by atoms with Gasteiger partial charge in [-0.1, -0.05) is 272 Å². The van der Waals surface area contributed by atoms with Gasteiger partial charge >= 0.3 is 39.5 Å². The van der Waals surface area contributed by atoms with Gasteiger partial charge in [0.15, 0.2) is 12.2 Å². The maximum absolute atomic E-state index is 13.0. The summed E-state index contributed by atoms with van der Waals surface area (Å²) in [5.41, 5.74) is 0. The predicted molar refractivity (Wildman–Crippen MR) is 358 cm³/mol. The van der Waals surface area contributed by atoms with Gasteiger partial charge in [0, 0.05) is 25.7 Å². The van der Waals surface area contributed by atoms with Gasteiger partial charge in [0.2, 0.25) is 0 Å². The highest BCUT2D eigenvalue weighted by atomic mass is 31.2. The van der Waals surface area contributed by atoms with Crippen LogP contribution >= 0.6 is 15.6 Å². The van der Waals surface area contributed by atoms with Crippen molar-refractivity contribution in [3.8, 4) is 0 Å². The van der Waals surface area contributed by atoms with E-state index in [2.05, 4.69) is 72.8 Å². The fourth-order valence-corrected chi connectivity index (χ4v) is 11.5. The van der Waals surface area contributed by atoms with Crippen LogP contribution in [-0.2, 0) is 65.4 Å². The molecule has 89 heavy (non-hydrogen) atoms. The molecular weight excluding hydrogens is 1170 g/mol. The number of hydrogen-bond donors (Lipinski definition) is 3. The number of carbonyl (C=O) groups excluding carboxylic acids is 4. The van der Waals surface area contributed by atoms with E-state index in [1.165, 1.54) is 116 Å². The Bertz CT molecular complexity index is 1840. The number of aliphatic hydroxyl groups excluding tert-OH is 1. The van der Waals surface area contributed by atoms with Gasteiger partial charge < -0.3 is 33.8 Å². The second kappa shape index (κ2) is 60.5. The first-order valence-corrected chi connectivity index (χ1v) is 38.7. The molecule has 0 aliphatic rings. The molecule has 0 aliphatic heterocycles. The first kappa shape index (κ1) is 86.5. The van der Waals surface area contributed by atoms with E-state index in [1.807, 2.05) is 0 Å². The summed E-state index contributed by atoms with van der Waals surface area (Å²) in [5, 5.41) is 10.6. The van der Waals surface area contributed by atoms with E-state index in [0.29, 0.717) is 31.6 Å². The third kappa shape index (κ3) is 62.7. The summed E-state index contributed by atoms with van der Waals surface area (Å²) >= 11 is 0. The fourth-order valence-electron chi connectivity index (χ4n) is 9.97. The molecule has 3 unspecified atom stereocenters. The highest BCUT2D eigenvalue weighted by Crippen LogP contribution is 2.45. The summed E-state index contributed by atoms with van der Waals surface area (Å²) in [5.74, 6) is 0.0136. The normalized spacial score (nSPS) is 14.7. The fraction of sp³-hybridized carbons (Fsp3) is 0.886. The molecule has 0 aromatic carbocycles. The van der Waals surface area contributed by atoms with Crippen LogP contribution in [0.2, 0.25) is 0 Å². The predicted octanol–water partition coefficient (Wildman–Crippen LogP) is 19.4. The summed E-state index contributed by atoms with van der Waals surface area (Å²) in [6.07, 6.45) is 46.8. The Morgan fingerprint density at radius 3 is 1.00 bits per heavy atom. The lowest BCUT2D eigenvalue weighted by Crippen LogP contribution is -2.30. The van der Waals surface area contributed by atoms with Crippen LogP contribution in [0.4, 0.5) is 0 Å². The van der Waals surface area contributed by atoms with Gasteiger partial charge in [0.05, 0.1) is 26.4 Å². The van der Waals surface area contributed by atoms with E-state index < -0.39 is 97.5 Å². The van der Waals surface area contributed by atoms with Crippen LogP contribution in [0.25, 0.3) is 0 Å². The number of rotatable bonds is 66. The first-order valence-electron chi connectivity index (χ1n) is 35.7. The number of unbranched alkanes of at least 4 members (excludes halogenated alkanes) is 30. The highest BCUT2D eigenvalue weighted by molar-refractivity contribution is 7.47. The number of allylic oxidation sites excluding steroid dienone is 4. The van der Waals surface area contributed by atoms with E-state index in [9.17, 15) is 43.2 Å². The number of ether oxygens (including phenoxy) is 4. The number of aliphatic hydroxyl groups is 1. The van der Waals surface area contributed by atoms with Gasteiger partial charge in [-0.15, -0.1) is 0 Å². The lowest BCUT2D eigenvalue weighted by Gasteiger charge is -2.21. The zero-order valence-electron chi connectivity index (χ0n) is 57.4. The van der Waals surface area contributed by atoms with Crippen molar-refractivity contribution in [1.29, 1.82) is 0 Å². The van der Waals surface area contributed by atoms with Gasteiger partial charge in [0.25, 0.3) is 0 Å². The Hall–Kier alpha value is -2.46. The Balaban J connectivity index is 5.28. The summed E-state index contributed by atoms with van der Waals surface area (Å²) in [6, 6.07) is 0. The molecule has 0 bridgehead atoms. The minimum absolute atomic E-state index is 0.0843. The number of carbonyl (C=O) groups is 4. The molecule has 0 heterocycles. The molecule has 3 N–H and O–H groups in total. The van der Waals surface area contributed by atoms with E-state index in [-0.39, 0.29) is 25.7 Å². The number of hydrogen-bond acceptors (Lipinski definition) is 15. The topological polar surface area (TPSA) is 237 Å². The van der Waals surface area contributed by atoms with E-state index in [1.54, 1.807) is 0 Å². The van der Waals surface area contributed by atoms with Crippen LogP contribution in [0.3, 0.4) is 0 Å². The van der Waals surface area contributed by atoms with Crippen LogP contribution < -0.4 is 0 Å². The van der Waals surface area contributed by atoms with Gasteiger partial charge in [0.1, 0.15) is 19.3 Å². The maximum atomic E-state index is 13.0. The molecule has 0 aromatic heterocycles. The van der Waals surface area contributed by atoms with Crippen molar-refractivity contribution in [1.82, 2.24) is 0 Å². The largest absolute Gasteiger partial charge is 0.472 e. The summed E-state index contributed by atoms with van der Waals surface area (Å²) < 4.78 is 68.2. The molecule has 0 spiro atoms. The first-order chi connectivity index (χ1) is 42.8. The van der Waals surface area contributed by atoms with Crippen LogP contribution in [0.15, 0.2) is 24.3 Å². The second-order valence-electron chi connectivity index (χ2n) is 25.8. The van der Waals surface area contributed by atoms with Crippen molar-refractivity contribution in [3.63, 3.8) is 0 Å². The number of esters is 4. The molecule has 0 fully saturated rings. The molecule has 0 saturated carbocycles. The Labute approximate surface area is 542 Å². The Morgan fingerprint density at radius 1 is 0.371 bits per heavy atom. The quantitative estimate of drug-likeness (QED) is 0.0169. The van der Waals surface area contributed by atoms with Crippen molar-refractivity contribution in [2.75, 3.05) is 39.6 Å². The average molecular weight is 1310 g/mol. The van der Waals surface area contributed by atoms with Crippen molar-refractivity contribution in [3.05, 3.63) is 24.3 Å². The molecule has 0 radical (unpaired) electrons. The maximum Gasteiger partial charge on any atom is 0.472 e. The van der Waals surface area contributed by atoms with E-state index in [0.717, 1.165) is 121 Å². The van der Waals surface area contributed by atoms with Crippen LogP contribution in [0.1, 0.15) is 325 Å². The zero-order chi connectivity index (χ0) is 65.9. The molecule has 0 aliphatic carbocycles. The van der Waals surface area contributed by atoms with Crippen molar-refractivity contribution in [2.24, 2.45) is 17.8 Å². The highest BCUT2D eigenvalue weighted by Gasteiger charge is 2.30. The minimum Gasteiger partial charge on any atom is -0.462 e. The second-order valence-corrected chi connectivity index (χ2v) is 28.7. The standard InChI is InChI=1S/C70H132O17P2/c1-8-10-11-12-13-14-15-16-17-18-23-26-29-39-46-53-69(74)86-65(57-80-67(72)51-44-37-28-25-22-20-19-21-24-27-34-41-48-61(3)4)59-84-88(76,77)82-55-64(71)56-83-89(78,79)85-60-66(58-81-68(73)52-45-38-32-30-35-42-49-62(5)6)87-70(75)54-47-40-33-31-36-43-50-63(7)9-2/h14-17,61-66,71H,8-13,18-60H2,1-7H3,(H,76,77)(H,78,79)/b15-14-,17-16-/t63?,64-,65-,66-/m1/s1. The zero-order valence-corrected chi connectivity index (χ0v) is 59.2. The molecule has 6 atom stereocenters. The average Bonchev–Trinajstić information content (AvgIpc) is 3.71. The summed E-state index contributed by atoms with van der Waals surface area (Å²) in [7, 11) is -9.91. The lowest BCUT2D eigenvalue weighted by atomic mass is 10.00. The molecule has 0 rings (SSSR count). The molecule has 0 aromatic rings. The lowest BCUT2D eigenvalue weighted by molar-refractivity contribution is -0.161. The third-order valence-electron chi connectivity index (χ3n) is 15.9. The monoisotopic (exact) mass is 1310 g/mol. The minimum atomic E-state index is -4.96. The summed E-state index contributed by atoms with van der Waals surface area (Å²) in [4.78, 5) is 72.4. The SMILES string of the molecule is CCCCCC/C=C\C=C/CCCCCCCC(=O)O[C@H](COC(=O)CCCCCCCCCCCCCCC(C)C)COP(=O)(O)OC[C@@H](O)COP(=O)(O)OC[C@@H](COC(=O)CCCCCCCCC(C)C)OC(=O)CCCCCCCCC(C)CC. The Kier molecular flexibility index (Phi) is 58.8.